The van der Waals surface area contributed by atoms with E-state index in [0.717, 1.165) is 33.4 Å². The second-order valence-electron chi connectivity index (χ2n) is 9.14. The molecule has 0 spiro atoms. The van der Waals surface area contributed by atoms with Gasteiger partial charge in [-0.05, 0) is 98.3 Å². The quantitative estimate of drug-likeness (QED) is 0.408. The van der Waals surface area contributed by atoms with E-state index in [1.165, 1.54) is 4.90 Å². The Morgan fingerprint density at radius 1 is 0.853 bits per heavy atom. The first-order valence-corrected chi connectivity index (χ1v) is 11.9. The van der Waals surface area contributed by atoms with Crippen LogP contribution in [0.1, 0.15) is 55.7 Å². The minimum atomic E-state index is -2.00. The average molecular weight is 496 g/mol. The molecule has 0 fully saturated rings. The highest BCUT2D eigenvalue weighted by atomic mass is 35.5. The van der Waals surface area contributed by atoms with Crippen LogP contribution in [0, 0.1) is 34.6 Å². The van der Waals surface area contributed by atoms with E-state index in [9.17, 15) is 14.7 Å². The van der Waals surface area contributed by atoms with E-state index in [-0.39, 0.29) is 18.7 Å². The van der Waals surface area contributed by atoms with Crippen LogP contribution in [0.15, 0.2) is 42.5 Å². The number of halogens is 2. The van der Waals surface area contributed by atoms with Crippen LogP contribution in [-0.4, -0.2) is 16.8 Å². The van der Waals surface area contributed by atoms with Crippen LogP contribution < -0.4 is 4.90 Å². The summed E-state index contributed by atoms with van der Waals surface area (Å²) in [6.07, 6.45) is -0.361. The summed E-state index contributed by atoms with van der Waals surface area (Å²) in [5.74, 6) is -0.805. The van der Waals surface area contributed by atoms with E-state index in [4.69, 9.17) is 23.2 Å². The molecule has 3 aromatic rings. The van der Waals surface area contributed by atoms with Crippen molar-refractivity contribution in [1.82, 2.24) is 0 Å². The highest BCUT2D eigenvalue weighted by Gasteiger charge is 2.51. The number of aliphatic hydroxyl groups is 1. The van der Waals surface area contributed by atoms with Gasteiger partial charge in [-0.2, -0.15) is 0 Å². The van der Waals surface area contributed by atoms with Crippen molar-refractivity contribution in [2.45, 2.75) is 53.2 Å². The maximum Gasteiger partial charge on any atom is 0.264 e. The van der Waals surface area contributed by atoms with E-state index >= 15 is 0 Å². The molecule has 0 saturated carbocycles. The number of ketones is 1. The summed E-state index contributed by atoms with van der Waals surface area (Å²) in [4.78, 5) is 28.8. The van der Waals surface area contributed by atoms with Crippen molar-refractivity contribution in [2.24, 2.45) is 0 Å². The van der Waals surface area contributed by atoms with Gasteiger partial charge in [0, 0.05) is 21.2 Å². The number of hydrogen-bond donors (Lipinski definition) is 1. The summed E-state index contributed by atoms with van der Waals surface area (Å²) in [6, 6.07) is 12.1. The summed E-state index contributed by atoms with van der Waals surface area (Å²) in [5, 5.41) is 12.7. The van der Waals surface area contributed by atoms with Crippen molar-refractivity contribution >= 4 is 40.6 Å². The maximum absolute atomic E-state index is 13.6. The van der Waals surface area contributed by atoms with E-state index < -0.39 is 11.5 Å². The first kappa shape index (κ1) is 24.5. The average Bonchev–Trinajstić information content (AvgIpc) is 2.99. The molecular weight excluding hydrogens is 469 g/mol. The number of fused-ring (bicyclic) bond motifs is 1. The number of hydrogen-bond acceptors (Lipinski definition) is 3. The number of benzene rings is 3. The van der Waals surface area contributed by atoms with E-state index in [0.29, 0.717) is 26.9 Å². The number of carbonyl (C=O) groups excluding carboxylic acids is 2. The van der Waals surface area contributed by atoms with E-state index in [1.54, 1.807) is 30.3 Å². The first-order valence-electron chi connectivity index (χ1n) is 11.1. The number of anilines is 1. The largest absolute Gasteiger partial charge is 0.375 e. The van der Waals surface area contributed by atoms with Gasteiger partial charge in [0.2, 0.25) is 0 Å². The van der Waals surface area contributed by atoms with Gasteiger partial charge in [0.25, 0.3) is 5.91 Å². The highest BCUT2D eigenvalue weighted by molar-refractivity contribution is 6.31. The molecule has 0 saturated heterocycles. The molecule has 1 aliphatic heterocycles. The molecule has 0 aromatic heterocycles. The lowest BCUT2D eigenvalue weighted by Crippen LogP contribution is -2.41. The van der Waals surface area contributed by atoms with Gasteiger partial charge >= 0.3 is 0 Å². The number of carbonyl (C=O) groups is 2. The van der Waals surface area contributed by atoms with Gasteiger partial charge in [0.15, 0.2) is 11.4 Å². The van der Waals surface area contributed by atoms with Crippen molar-refractivity contribution in [1.29, 1.82) is 0 Å². The predicted octanol–water partition coefficient (Wildman–Crippen LogP) is 6.54. The fraction of sp³-hybridized carbons (Fsp3) is 0.286. The molecule has 1 aliphatic rings. The maximum atomic E-state index is 13.6. The zero-order chi connectivity index (χ0) is 24.9. The molecule has 1 atom stereocenters. The lowest BCUT2D eigenvalue weighted by molar-refractivity contribution is -0.136. The second kappa shape index (κ2) is 8.84. The standard InChI is InChI=1S/C28H27Cl2NO3/c1-15-16(2)18(4)26(19(5)17(15)3)25(32)13-28(34)23-12-22(30)10-11-24(23)31(27(28)33)14-20-6-8-21(29)9-7-20/h6-12,34H,13-14H2,1-5H3/t28-/m1/s1. The van der Waals surface area contributed by atoms with Gasteiger partial charge in [-0.25, -0.2) is 0 Å². The van der Waals surface area contributed by atoms with E-state index in [1.807, 2.05) is 46.8 Å². The molecule has 4 nitrogen and oxygen atoms in total. The second-order valence-corrected chi connectivity index (χ2v) is 10.0. The number of nitrogens with zero attached hydrogens (tertiary/aromatic N) is 1. The van der Waals surface area contributed by atoms with Crippen LogP contribution >= 0.6 is 23.2 Å². The molecular formula is C28H27Cl2NO3. The van der Waals surface area contributed by atoms with Crippen molar-refractivity contribution < 1.29 is 14.7 Å². The lowest BCUT2D eigenvalue weighted by Gasteiger charge is -2.24. The monoisotopic (exact) mass is 495 g/mol. The van der Waals surface area contributed by atoms with Crippen LogP contribution in [-0.2, 0) is 16.9 Å². The van der Waals surface area contributed by atoms with Crippen molar-refractivity contribution in [2.75, 3.05) is 4.90 Å². The summed E-state index contributed by atoms with van der Waals surface area (Å²) in [5.41, 5.74) is 5.31. The molecule has 0 aliphatic carbocycles. The SMILES string of the molecule is Cc1c(C)c(C)c(C(=O)C[C@]2(O)C(=O)N(Cc3ccc(Cl)cc3)c3ccc(Cl)cc32)c(C)c1C. The third-order valence-electron chi connectivity index (χ3n) is 7.24. The predicted molar refractivity (Wildman–Crippen MR) is 137 cm³/mol. The van der Waals surface area contributed by atoms with Crippen LogP contribution in [0.4, 0.5) is 5.69 Å². The van der Waals surface area contributed by atoms with Crippen LogP contribution in [0.25, 0.3) is 0 Å². The van der Waals surface area contributed by atoms with Gasteiger partial charge in [-0.3, -0.25) is 9.59 Å². The zero-order valence-electron chi connectivity index (χ0n) is 19.9. The molecule has 6 heteroatoms. The van der Waals surface area contributed by atoms with Crippen LogP contribution in [0.2, 0.25) is 10.0 Å². The number of rotatable bonds is 5. The Balaban J connectivity index is 1.76. The minimum absolute atomic E-state index is 0.238. The number of Topliss-reactive ketones (excluding diaryl/α,β-unsaturated/α-hetero) is 1. The molecule has 1 amide bonds. The molecule has 0 unspecified atom stereocenters. The summed E-state index contributed by atoms with van der Waals surface area (Å²) >= 11 is 12.2. The van der Waals surface area contributed by atoms with Gasteiger partial charge in [0.05, 0.1) is 18.7 Å². The van der Waals surface area contributed by atoms with Crippen molar-refractivity contribution in [3.05, 3.63) is 97.0 Å². The van der Waals surface area contributed by atoms with Gasteiger partial charge < -0.3 is 10.0 Å². The summed E-state index contributed by atoms with van der Waals surface area (Å²) in [7, 11) is 0. The molecule has 34 heavy (non-hydrogen) atoms. The van der Waals surface area contributed by atoms with Gasteiger partial charge in [0.1, 0.15) is 0 Å². The topological polar surface area (TPSA) is 57.6 Å². The Bertz CT molecular complexity index is 1300. The molecule has 3 aromatic carbocycles. The fourth-order valence-corrected chi connectivity index (χ4v) is 5.16. The molecule has 0 bridgehead atoms. The summed E-state index contributed by atoms with van der Waals surface area (Å²) < 4.78 is 0. The molecule has 0 radical (unpaired) electrons. The van der Waals surface area contributed by atoms with Gasteiger partial charge in [-0.15, -0.1) is 0 Å². The Morgan fingerprint density at radius 3 is 1.97 bits per heavy atom. The highest BCUT2D eigenvalue weighted by Crippen LogP contribution is 2.45. The number of amides is 1. The molecule has 1 heterocycles. The van der Waals surface area contributed by atoms with Crippen LogP contribution in [0.3, 0.4) is 0 Å². The Labute approximate surface area is 210 Å². The van der Waals surface area contributed by atoms with Gasteiger partial charge in [-0.1, -0.05) is 35.3 Å². The lowest BCUT2D eigenvalue weighted by atomic mass is 9.82. The first-order chi connectivity index (χ1) is 16.0. The zero-order valence-corrected chi connectivity index (χ0v) is 21.4. The third kappa shape index (κ3) is 3.94. The Morgan fingerprint density at radius 2 is 1.38 bits per heavy atom. The Hall–Kier alpha value is -2.66. The fourth-order valence-electron chi connectivity index (χ4n) is 4.86. The minimum Gasteiger partial charge on any atom is -0.375 e. The third-order valence-corrected chi connectivity index (χ3v) is 7.73. The smallest absolute Gasteiger partial charge is 0.264 e. The van der Waals surface area contributed by atoms with Crippen molar-refractivity contribution in [3.8, 4) is 0 Å². The molecule has 4 rings (SSSR count). The normalized spacial score (nSPS) is 17.3. The molecule has 176 valence electrons. The van der Waals surface area contributed by atoms with Crippen LogP contribution in [0.5, 0.6) is 0 Å². The summed E-state index contributed by atoms with van der Waals surface area (Å²) in [6.45, 7) is 10.1. The molecule has 1 N–H and O–H groups in total. The van der Waals surface area contributed by atoms with Crippen molar-refractivity contribution in [3.63, 3.8) is 0 Å². The van der Waals surface area contributed by atoms with E-state index in [2.05, 4.69) is 0 Å². The Kier molecular flexibility index (Phi) is 6.36.